The summed E-state index contributed by atoms with van der Waals surface area (Å²) in [5, 5.41) is 14.8. The maximum Gasteiger partial charge on any atom is 0.313 e. The van der Waals surface area contributed by atoms with Crippen LogP contribution in [0.2, 0.25) is 0 Å². The van der Waals surface area contributed by atoms with Crippen molar-refractivity contribution in [3.05, 3.63) is 0 Å². The van der Waals surface area contributed by atoms with Gasteiger partial charge in [-0.2, -0.15) is 0 Å². The van der Waals surface area contributed by atoms with Gasteiger partial charge in [0.2, 0.25) is 0 Å². The van der Waals surface area contributed by atoms with E-state index >= 15 is 0 Å². The monoisotopic (exact) mass is 278 g/mol. The first kappa shape index (κ1) is 24.7. The van der Waals surface area contributed by atoms with Crippen LogP contribution in [0.3, 0.4) is 0 Å². The lowest BCUT2D eigenvalue weighted by Crippen LogP contribution is -2.05. The lowest BCUT2D eigenvalue weighted by atomic mass is 10.3. The number of carbonyl (C=O) groups excluding carboxylic acids is 2. The molecule has 0 aliphatic rings. The number of rotatable bonds is 2. The van der Waals surface area contributed by atoms with Gasteiger partial charge in [-0.15, -0.1) is 23.2 Å². The van der Waals surface area contributed by atoms with Gasteiger partial charge in [0.05, 0.1) is 12.4 Å². The van der Waals surface area contributed by atoms with Crippen LogP contribution in [0.1, 0.15) is 20.3 Å². The Labute approximate surface area is 106 Å². The third kappa shape index (κ3) is 68.5. The summed E-state index contributed by atoms with van der Waals surface area (Å²) in [6.07, 6.45) is -0.115. The van der Waals surface area contributed by atoms with Gasteiger partial charge >= 0.3 is 5.97 Å². The van der Waals surface area contributed by atoms with E-state index in [4.69, 9.17) is 33.4 Å². The molecule has 16 heavy (non-hydrogen) atoms. The van der Waals surface area contributed by atoms with Gasteiger partial charge in [-0.3, -0.25) is 9.59 Å². The molecule has 0 spiro atoms. The number of aliphatic hydroxyl groups is 2. The van der Waals surface area contributed by atoms with Crippen LogP contribution in [-0.4, -0.2) is 48.1 Å². The Hall–Kier alpha value is -0.360. The molecule has 0 unspecified atom stereocenters. The topological polar surface area (TPSA) is 83.8 Å². The molecular weight excluding hydrogens is 259 g/mol. The zero-order valence-corrected chi connectivity index (χ0v) is 11.5. The van der Waals surface area contributed by atoms with Crippen molar-refractivity contribution in [3.63, 3.8) is 0 Å². The van der Waals surface area contributed by atoms with Gasteiger partial charge in [-0.25, -0.2) is 0 Å². The maximum absolute atomic E-state index is 10.2. The molecule has 5 nitrogen and oxygen atoms in total. The van der Waals surface area contributed by atoms with Crippen LogP contribution in [0.5, 0.6) is 0 Å². The molecule has 0 heterocycles. The van der Waals surface area contributed by atoms with Crippen LogP contribution in [-0.2, 0) is 14.3 Å². The van der Waals surface area contributed by atoms with E-state index < -0.39 is 5.97 Å². The van der Waals surface area contributed by atoms with Gasteiger partial charge in [0.15, 0.2) is 0 Å². The van der Waals surface area contributed by atoms with E-state index in [0.717, 1.165) is 7.11 Å². The molecule has 7 heteroatoms. The van der Waals surface area contributed by atoms with Crippen molar-refractivity contribution in [2.75, 3.05) is 26.2 Å². The Morgan fingerprint density at radius 3 is 1.56 bits per heavy atom. The predicted molar refractivity (Wildman–Crippen MR) is 64.8 cm³/mol. The predicted octanol–water partition coefficient (Wildman–Crippen LogP) is 1.17. The summed E-state index contributed by atoms with van der Waals surface area (Å²) in [6, 6.07) is 0. The molecule has 0 aliphatic carbocycles. The fourth-order valence-electron chi connectivity index (χ4n) is 0.275. The lowest BCUT2D eigenvalue weighted by Gasteiger charge is -1.90. The highest BCUT2D eigenvalue weighted by molar-refractivity contribution is 6.40. The molecule has 0 bridgehead atoms. The molecule has 0 saturated carbocycles. The van der Waals surface area contributed by atoms with E-state index in [9.17, 15) is 9.59 Å². The second-order valence-electron chi connectivity index (χ2n) is 1.87. The molecular formula is C9H20Cl2O5. The summed E-state index contributed by atoms with van der Waals surface area (Å²) in [5.74, 6) is -0.644. The van der Waals surface area contributed by atoms with Gasteiger partial charge in [-0.05, 0) is 13.8 Å². The molecule has 2 N–H and O–H groups in total. The largest absolute Gasteiger partial charge is 0.469 e. The molecule has 0 atom stereocenters. The maximum atomic E-state index is 10.2. The number of esters is 1. The normalized spacial score (nSPS) is 6.75. The van der Waals surface area contributed by atoms with Crippen LogP contribution < -0.4 is 0 Å². The van der Waals surface area contributed by atoms with Crippen molar-refractivity contribution in [2.45, 2.75) is 20.3 Å². The van der Waals surface area contributed by atoms with Crippen molar-refractivity contribution in [2.24, 2.45) is 0 Å². The average molecular weight is 279 g/mol. The van der Waals surface area contributed by atoms with Gasteiger partial charge in [-0.1, -0.05) is 0 Å². The number of halogens is 2. The van der Waals surface area contributed by atoms with E-state index in [-0.39, 0.29) is 24.2 Å². The highest BCUT2D eigenvalue weighted by atomic mass is 35.5. The van der Waals surface area contributed by atoms with Crippen LogP contribution in [0.4, 0.5) is 0 Å². The summed E-state index contributed by atoms with van der Waals surface area (Å²) in [5.41, 5.74) is 0. The van der Waals surface area contributed by atoms with E-state index in [0.29, 0.717) is 0 Å². The summed E-state index contributed by atoms with van der Waals surface area (Å²) in [6.45, 7) is 3.27. The molecule has 0 aromatic rings. The van der Waals surface area contributed by atoms with Gasteiger partial charge in [0.25, 0.3) is 0 Å². The summed E-state index contributed by atoms with van der Waals surface area (Å²) in [7, 11) is 2.26. The summed E-state index contributed by atoms with van der Waals surface area (Å²) < 4.78 is 4.20. The number of methoxy groups -OCH3 is 1. The Morgan fingerprint density at radius 2 is 1.50 bits per heavy atom. The second kappa shape index (κ2) is 29.3. The third-order valence-corrected chi connectivity index (χ3v) is 0.621. The highest BCUT2D eigenvalue weighted by Crippen LogP contribution is 1.83. The Morgan fingerprint density at radius 1 is 1.25 bits per heavy atom. The van der Waals surface area contributed by atoms with E-state index in [1.165, 1.54) is 14.0 Å². The number of hydrogen-bond acceptors (Lipinski definition) is 5. The van der Waals surface area contributed by atoms with Crippen molar-refractivity contribution in [3.8, 4) is 0 Å². The van der Waals surface area contributed by atoms with Crippen LogP contribution in [0.25, 0.3) is 0 Å². The minimum Gasteiger partial charge on any atom is -0.469 e. The fourth-order valence-corrected chi connectivity index (χ4v) is 0.275. The van der Waals surface area contributed by atoms with Crippen molar-refractivity contribution < 1.29 is 24.5 Å². The number of ether oxygens (including phenoxy) is 1. The van der Waals surface area contributed by atoms with Crippen molar-refractivity contribution in [1.82, 2.24) is 0 Å². The molecule has 0 aromatic heterocycles. The number of alkyl halides is 2. The molecule has 0 aromatic carbocycles. The van der Waals surface area contributed by atoms with Crippen molar-refractivity contribution in [1.29, 1.82) is 0 Å². The number of carbonyl (C=O) groups is 2. The highest BCUT2D eigenvalue weighted by Gasteiger charge is 2.01. The minimum absolute atomic E-state index is 0.115. The van der Waals surface area contributed by atoms with Crippen LogP contribution in [0, 0.1) is 0 Å². The first-order valence-corrected chi connectivity index (χ1v) is 5.30. The number of hydrogen-bond donors (Lipinski definition) is 2. The van der Waals surface area contributed by atoms with Crippen molar-refractivity contribution >= 4 is 35.0 Å². The lowest BCUT2D eigenvalue weighted by molar-refractivity contribution is -0.142. The Bertz CT molecular complexity index is 140. The molecule has 0 fully saturated rings. The number of aliphatic hydroxyl groups excluding tert-OH is 2. The first-order valence-electron chi connectivity index (χ1n) is 4.23. The zero-order valence-electron chi connectivity index (χ0n) is 10.00. The second-order valence-corrected chi connectivity index (χ2v) is 2.68. The first-order chi connectivity index (χ1) is 7.49. The van der Waals surface area contributed by atoms with Crippen LogP contribution in [0.15, 0.2) is 0 Å². The van der Waals surface area contributed by atoms with Gasteiger partial charge in [0.1, 0.15) is 12.2 Å². The molecule has 0 saturated heterocycles. The average Bonchev–Trinajstić information content (AvgIpc) is 2.22. The molecule has 0 radical (unpaired) electrons. The molecule has 100 valence electrons. The fraction of sp³-hybridized carbons (Fsp3) is 0.778. The molecule has 0 amide bonds. The smallest absolute Gasteiger partial charge is 0.313 e. The van der Waals surface area contributed by atoms with Gasteiger partial charge < -0.3 is 14.9 Å². The molecule has 0 rings (SSSR count). The van der Waals surface area contributed by atoms with Gasteiger partial charge in [0, 0.05) is 13.7 Å². The number of ketones is 1. The molecule has 0 aliphatic heterocycles. The summed E-state index contributed by atoms with van der Waals surface area (Å²) >= 11 is 9.53. The zero-order chi connectivity index (χ0) is 14.0. The minimum atomic E-state index is -0.475. The SMILES string of the molecule is CCO.CO.COC(=O)CC(C)=O.ClCCl. The summed E-state index contributed by atoms with van der Waals surface area (Å²) in [4.78, 5) is 20.3. The number of Topliss-reactive ketones (excluding diaryl/α,β-unsaturated/α-hetero) is 1. The Kier molecular flexibility index (Phi) is 45.3. The van der Waals surface area contributed by atoms with Crippen LogP contribution >= 0.6 is 23.2 Å². The van der Waals surface area contributed by atoms with E-state index in [2.05, 4.69) is 4.74 Å². The third-order valence-electron chi connectivity index (χ3n) is 0.621. The van der Waals surface area contributed by atoms with E-state index in [1.54, 1.807) is 6.92 Å². The van der Waals surface area contributed by atoms with E-state index in [1.807, 2.05) is 0 Å². The Balaban J connectivity index is -0.0000000752. The quantitative estimate of drug-likeness (QED) is 0.450. The standard InChI is InChI=1S/C5H8O3.C2H6O.CH2Cl2.CH4O/c1-4(6)3-5(7)8-2;1-2-3;2-1-3;1-2/h3H2,1-2H3;3H,2H2,1H3;1H2;2H,1H3.